The number of nitrogens with zero attached hydrogens (tertiary/aromatic N) is 1. The van der Waals surface area contributed by atoms with Crippen LogP contribution in [0.4, 0.5) is 13.2 Å². The molecule has 0 aliphatic carbocycles. The van der Waals surface area contributed by atoms with Gasteiger partial charge >= 0.3 is 0 Å². The summed E-state index contributed by atoms with van der Waals surface area (Å²) in [4.78, 5) is 2.78. The number of hydrogen-bond donors (Lipinski definition) is 0. The molecule has 1 atom stereocenters. The minimum Gasteiger partial charge on any atom is -0.486 e. The first-order chi connectivity index (χ1) is 12.8. The first kappa shape index (κ1) is 19.4. The fourth-order valence-electron chi connectivity index (χ4n) is 2.55. The van der Waals surface area contributed by atoms with Gasteiger partial charge in [0.2, 0.25) is 0 Å². The van der Waals surface area contributed by atoms with Crippen molar-refractivity contribution in [1.82, 2.24) is 4.98 Å². The molecule has 0 unspecified atom stereocenters. The van der Waals surface area contributed by atoms with E-state index >= 15 is 0 Å². The lowest BCUT2D eigenvalue weighted by Gasteiger charge is -2.16. The second-order valence-corrected chi connectivity index (χ2v) is 8.38. The van der Waals surface area contributed by atoms with Crippen molar-refractivity contribution in [2.75, 3.05) is 0 Å². The third-order valence-electron chi connectivity index (χ3n) is 3.76. The summed E-state index contributed by atoms with van der Waals surface area (Å²) >= 11 is 1.18. The maximum absolute atomic E-state index is 14.4. The van der Waals surface area contributed by atoms with E-state index in [0.29, 0.717) is 0 Å². The predicted octanol–water partition coefficient (Wildman–Crippen LogP) is 4.67. The summed E-state index contributed by atoms with van der Waals surface area (Å²) < 4.78 is 72.6. The van der Waals surface area contributed by atoms with Gasteiger partial charge < -0.3 is 4.74 Å². The predicted molar refractivity (Wildman–Crippen MR) is 94.8 cm³/mol. The molecular weight excluding hydrogens is 399 g/mol. The third kappa shape index (κ3) is 4.30. The highest BCUT2D eigenvalue weighted by Crippen LogP contribution is 2.30. The number of benzene rings is 2. The number of ether oxygens (including phenoxy) is 1. The number of hydrogen-bond acceptors (Lipinski definition) is 5. The van der Waals surface area contributed by atoms with Crippen LogP contribution < -0.4 is 4.74 Å². The lowest BCUT2D eigenvalue weighted by atomic mass is 10.1. The summed E-state index contributed by atoms with van der Waals surface area (Å²) in [6.07, 6.45) is -0.831. The van der Waals surface area contributed by atoms with E-state index < -0.39 is 44.0 Å². The Balaban J connectivity index is 1.88. The average Bonchev–Trinajstić information content (AvgIpc) is 3.06. The van der Waals surface area contributed by atoms with Crippen molar-refractivity contribution >= 4 is 21.2 Å². The fourth-order valence-corrected chi connectivity index (χ4v) is 4.62. The zero-order valence-corrected chi connectivity index (χ0v) is 15.7. The lowest BCUT2D eigenvalue weighted by molar-refractivity contribution is 0.219. The lowest BCUT2D eigenvalue weighted by Crippen LogP contribution is -2.11. The van der Waals surface area contributed by atoms with E-state index in [-0.39, 0.29) is 17.0 Å². The van der Waals surface area contributed by atoms with Crippen LogP contribution in [0.5, 0.6) is 5.75 Å². The van der Waals surface area contributed by atoms with E-state index in [4.69, 9.17) is 4.74 Å². The van der Waals surface area contributed by atoms with Crippen molar-refractivity contribution in [2.45, 2.75) is 23.7 Å². The monoisotopic (exact) mass is 413 g/mol. The van der Waals surface area contributed by atoms with Gasteiger partial charge in [-0.05, 0) is 13.0 Å². The van der Waals surface area contributed by atoms with Gasteiger partial charge in [-0.3, -0.25) is 0 Å². The quantitative estimate of drug-likeness (QED) is 0.589. The SMILES string of the molecule is C[C@H](Oc1cc(F)c(S(=O)(=O)Cc2cscn2)c(F)c1)c1ccccc1F. The van der Waals surface area contributed by atoms with E-state index in [9.17, 15) is 21.6 Å². The second-order valence-electron chi connectivity index (χ2n) is 5.74. The van der Waals surface area contributed by atoms with E-state index in [0.717, 1.165) is 12.1 Å². The van der Waals surface area contributed by atoms with Gasteiger partial charge in [-0.25, -0.2) is 26.6 Å². The molecule has 0 fully saturated rings. The molecule has 4 nitrogen and oxygen atoms in total. The van der Waals surface area contributed by atoms with Crippen LogP contribution in [0.1, 0.15) is 24.3 Å². The van der Waals surface area contributed by atoms with Gasteiger partial charge in [0.05, 0.1) is 17.0 Å². The molecule has 142 valence electrons. The largest absolute Gasteiger partial charge is 0.486 e. The molecule has 0 spiro atoms. The van der Waals surface area contributed by atoms with E-state index in [1.807, 2.05) is 0 Å². The van der Waals surface area contributed by atoms with Crippen molar-refractivity contribution in [3.8, 4) is 5.75 Å². The molecule has 0 N–H and O–H groups in total. The molecule has 0 bridgehead atoms. The Hall–Kier alpha value is -2.39. The Bertz CT molecular complexity index is 1030. The molecule has 0 saturated carbocycles. The van der Waals surface area contributed by atoms with E-state index in [1.54, 1.807) is 6.07 Å². The van der Waals surface area contributed by atoms with Gasteiger partial charge in [0.1, 0.15) is 34.2 Å². The minimum atomic E-state index is -4.27. The maximum atomic E-state index is 14.4. The average molecular weight is 413 g/mol. The van der Waals surface area contributed by atoms with Gasteiger partial charge in [0.15, 0.2) is 9.84 Å². The topological polar surface area (TPSA) is 56.3 Å². The number of halogens is 3. The highest BCUT2D eigenvalue weighted by Gasteiger charge is 2.27. The molecule has 0 aliphatic heterocycles. The van der Waals surface area contributed by atoms with Crippen molar-refractivity contribution in [3.63, 3.8) is 0 Å². The summed E-state index contributed by atoms with van der Waals surface area (Å²) in [5.74, 6) is -3.93. The Morgan fingerprint density at radius 1 is 1.11 bits per heavy atom. The second kappa shape index (κ2) is 7.69. The summed E-state index contributed by atoms with van der Waals surface area (Å²) in [6.45, 7) is 1.51. The molecule has 0 radical (unpaired) electrons. The molecule has 0 aliphatic rings. The first-order valence-corrected chi connectivity index (χ1v) is 10.4. The van der Waals surface area contributed by atoms with Crippen LogP contribution in [0.2, 0.25) is 0 Å². The molecule has 0 saturated heterocycles. The van der Waals surface area contributed by atoms with Gasteiger partial charge in [0.25, 0.3) is 0 Å². The zero-order valence-electron chi connectivity index (χ0n) is 14.0. The molecule has 2 aromatic carbocycles. The molecular formula is C18H14F3NO3S2. The summed E-state index contributed by atoms with van der Waals surface area (Å²) in [6, 6.07) is 7.38. The van der Waals surface area contributed by atoms with Crippen LogP contribution in [0.3, 0.4) is 0 Å². The standard InChI is InChI=1S/C18H14F3NO3S2/c1-11(14-4-2-3-5-15(14)19)25-13-6-16(20)18(17(21)7-13)27(23,24)9-12-8-26-10-22-12/h2-8,10-11H,9H2,1H3/t11-/m0/s1. The van der Waals surface area contributed by atoms with Crippen molar-refractivity contribution < 1.29 is 26.3 Å². The Morgan fingerprint density at radius 3 is 2.37 bits per heavy atom. The Labute approximate surface area is 158 Å². The van der Waals surface area contributed by atoms with E-state index in [1.165, 1.54) is 47.4 Å². The van der Waals surface area contributed by atoms with Gasteiger partial charge in [-0.2, -0.15) is 0 Å². The third-order valence-corrected chi connectivity index (χ3v) is 6.08. The van der Waals surface area contributed by atoms with Crippen molar-refractivity contribution in [1.29, 1.82) is 0 Å². The van der Waals surface area contributed by atoms with Crippen molar-refractivity contribution in [2.24, 2.45) is 0 Å². The van der Waals surface area contributed by atoms with Gasteiger partial charge in [-0.15, -0.1) is 11.3 Å². The molecule has 3 aromatic rings. The van der Waals surface area contributed by atoms with Gasteiger partial charge in [0, 0.05) is 23.1 Å². The number of thiazole rings is 1. The summed E-state index contributed by atoms with van der Waals surface area (Å²) in [5, 5.41) is 1.49. The number of rotatable bonds is 6. The Morgan fingerprint density at radius 2 is 1.78 bits per heavy atom. The normalized spacial score (nSPS) is 12.7. The van der Waals surface area contributed by atoms with Crippen LogP contribution >= 0.6 is 11.3 Å². The Kier molecular flexibility index (Phi) is 5.52. The van der Waals surface area contributed by atoms with Crippen LogP contribution in [0.15, 0.2) is 52.2 Å². The van der Waals surface area contributed by atoms with Crippen LogP contribution in [0, 0.1) is 17.5 Å². The van der Waals surface area contributed by atoms with Crippen LogP contribution in [0.25, 0.3) is 0 Å². The molecule has 27 heavy (non-hydrogen) atoms. The molecule has 1 aromatic heterocycles. The molecule has 0 amide bonds. The minimum absolute atomic E-state index is 0.201. The van der Waals surface area contributed by atoms with E-state index in [2.05, 4.69) is 4.98 Å². The maximum Gasteiger partial charge on any atom is 0.189 e. The summed E-state index contributed by atoms with van der Waals surface area (Å²) in [5.41, 5.74) is 1.84. The first-order valence-electron chi connectivity index (χ1n) is 7.78. The van der Waals surface area contributed by atoms with Crippen molar-refractivity contribution in [3.05, 3.63) is 76.0 Å². The molecule has 9 heteroatoms. The zero-order chi connectivity index (χ0) is 19.6. The summed E-state index contributed by atoms with van der Waals surface area (Å²) in [7, 11) is -4.27. The number of aromatic nitrogens is 1. The highest BCUT2D eigenvalue weighted by atomic mass is 32.2. The highest BCUT2D eigenvalue weighted by molar-refractivity contribution is 7.90. The molecule has 3 rings (SSSR count). The fraction of sp³-hybridized carbons (Fsp3) is 0.167. The number of sulfone groups is 1. The van der Waals surface area contributed by atoms with Crippen LogP contribution in [-0.2, 0) is 15.6 Å². The molecule has 1 heterocycles. The van der Waals surface area contributed by atoms with Crippen LogP contribution in [-0.4, -0.2) is 13.4 Å². The van der Waals surface area contributed by atoms with Gasteiger partial charge in [-0.1, -0.05) is 18.2 Å². The smallest absolute Gasteiger partial charge is 0.189 e.